The van der Waals surface area contributed by atoms with Gasteiger partial charge in [0, 0.05) is 18.2 Å². The lowest BCUT2D eigenvalue weighted by Crippen LogP contribution is -2.21. The average Bonchev–Trinajstić information content (AvgIpc) is 2.69. The third-order valence-electron chi connectivity index (χ3n) is 4.42. The fourth-order valence-corrected chi connectivity index (χ4v) is 2.88. The molecule has 0 fully saturated rings. The molecule has 2 aromatic carbocycles. The lowest BCUT2D eigenvalue weighted by Gasteiger charge is -2.23. The number of ether oxygens (including phenoxy) is 2. The number of nitrogens with two attached hydrogens (primary N) is 2. The predicted molar refractivity (Wildman–Crippen MR) is 123 cm³/mol. The molecule has 0 aliphatic heterocycles. The van der Waals surface area contributed by atoms with E-state index in [1.807, 2.05) is 38.1 Å². The zero-order chi connectivity index (χ0) is 22.3. The fraction of sp³-hybridized carbons (Fsp3) is 0.318. The molecule has 168 valence electrons. The summed E-state index contributed by atoms with van der Waals surface area (Å²) in [5, 5.41) is 10.8. The van der Waals surface area contributed by atoms with Crippen molar-refractivity contribution in [2.24, 2.45) is 11.5 Å². The van der Waals surface area contributed by atoms with Crippen LogP contribution in [-0.4, -0.2) is 30.9 Å². The molecule has 8 nitrogen and oxygen atoms in total. The van der Waals surface area contributed by atoms with Gasteiger partial charge in [0.05, 0.1) is 6.04 Å². The minimum absolute atomic E-state index is 0. The summed E-state index contributed by atoms with van der Waals surface area (Å²) in [6.45, 7) is 5.33. The standard InChI is InChI=1S/C22H28N4O4.ClH/c1-13(2)18-10-16(6-9-20(18)30-12-21(23)28)19(11-29-14(3)27)26-17-7-4-15(5-8-17)22(24)25;/h4-10,13,19,26H,11-12H2,1-3H3,(H2,23,28)(H3,24,25);1H. The van der Waals surface area contributed by atoms with E-state index in [0.29, 0.717) is 11.3 Å². The highest BCUT2D eigenvalue weighted by molar-refractivity contribution is 5.95. The highest BCUT2D eigenvalue weighted by atomic mass is 35.5. The summed E-state index contributed by atoms with van der Waals surface area (Å²) in [4.78, 5) is 22.4. The minimum Gasteiger partial charge on any atom is -0.483 e. The average molecular weight is 449 g/mol. The Kier molecular flexibility index (Phi) is 9.82. The van der Waals surface area contributed by atoms with Crippen LogP contribution in [0.15, 0.2) is 42.5 Å². The largest absolute Gasteiger partial charge is 0.483 e. The monoisotopic (exact) mass is 448 g/mol. The van der Waals surface area contributed by atoms with Gasteiger partial charge in [0.15, 0.2) is 6.61 Å². The van der Waals surface area contributed by atoms with E-state index in [0.717, 1.165) is 16.8 Å². The Labute approximate surface area is 188 Å². The number of amides is 1. The number of amidine groups is 1. The van der Waals surface area contributed by atoms with Crippen LogP contribution in [-0.2, 0) is 14.3 Å². The minimum atomic E-state index is -0.544. The Morgan fingerprint density at radius 1 is 1.10 bits per heavy atom. The Bertz CT molecular complexity index is 916. The molecule has 0 saturated heterocycles. The maximum absolute atomic E-state index is 11.4. The molecule has 1 atom stereocenters. The molecule has 0 aromatic heterocycles. The number of nitrogens with one attached hydrogen (secondary N) is 2. The molecular formula is C22H29ClN4O4. The third kappa shape index (κ3) is 7.82. The van der Waals surface area contributed by atoms with Crippen molar-refractivity contribution in [1.29, 1.82) is 5.41 Å². The second-order valence-corrected chi connectivity index (χ2v) is 7.20. The number of hydrogen-bond acceptors (Lipinski definition) is 6. The van der Waals surface area contributed by atoms with E-state index >= 15 is 0 Å². The van der Waals surface area contributed by atoms with Gasteiger partial charge >= 0.3 is 5.97 Å². The summed E-state index contributed by atoms with van der Waals surface area (Å²) in [5.74, 6) is -0.204. The van der Waals surface area contributed by atoms with E-state index in [1.54, 1.807) is 18.2 Å². The third-order valence-corrected chi connectivity index (χ3v) is 4.42. The van der Waals surface area contributed by atoms with Gasteiger partial charge in [-0.15, -0.1) is 12.4 Å². The molecule has 2 aromatic rings. The van der Waals surface area contributed by atoms with Gasteiger partial charge in [0.1, 0.15) is 18.2 Å². The molecule has 0 aliphatic rings. The fourth-order valence-electron chi connectivity index (χ4n) is 2.88. The Morgan fingerprint density at radius 3 is 2.26 bits per heavy atom. The van der Waals surface area contributed by atoms with Gasteiger partial charge in [-0.2, -0.15) is 0 Å². The maximum Gasteiger partial charge on any atom is 0.302 e. The molecule has 31 heavy (non-hydrogen) atoms. The number of esters is 1. The van der Waals surface area contributed by atoms with Crippen molar-refractivity contribution in [2.45, 2.75) is 32.7 Å². The van der Waals surface area contributed by atoms with Gasteiger partial charge in [-0.25, -0.2) is 0 Å². The van der Waals surface area contributed by atoms with E-state index in [4.69, 9.17) is 26.4 Å². The van der Waals surface area contributed by atoms with Crippen LogP contribution in [0.3, 0.4) is 0 Å². The van der Waals surface area contributed by atoms with Crippen LogP contribution in [0, 0.1) is 5.41 Å². The molecule has 0 spiro atoms. The van der Waals surface area contributed by atoms with E-state index in [1.165, 1.54) is 6.92 Å². The number of anilines is 1. The first kappa shape index (κ1) is 25.8. The number of rotatable bonds is 10. The topological polar surface area (TPSA) is 141 Å². The Morgan fingerprint density at radius 2 is 1.74 bits per heavy atom. The molecule has 2 rings (SSSR count). The maximum atomic E-state index is 11.4. The zero-order valence-electron chi connectivity index (χ0n) is 17.8. The highest BCUT2D eigenvalue weighted by Crippen LogP contribution is 2.31. The zero-order valence-corrected chi connectivity index (χ0v) is 18.6. The van der Waals surface area contributed by atoms with Gasteiger partial charge in [-0.3, -0.25) is 15.0 Å². The molecule has 0 saturated carbocycles. The quantitative estimate of drug-likeness (QED) is 0.250. The molecule has 1 amide bonds. The number of primary amides is 1. The molecule has 1 unspecified atom stereocenters. The summed E-state index contributed by atoms with van der Waals surface area (Å²) < 4.78 is 10.8. The molecular weight excluding hydrogens is 420 g/mol. The van der Waals surface area contributed by atoms with Crippen LogP contribution in [0.25, 0.3) is 0 Å². The summed E-state index contributed by atoms with van der Waals surface area (Å²) in [6, 6.07) is 12.4. The van der Waals surface area contributed by atoms with Gasteiger partial charge in [-0.05, 0) is 53.4 Å². The van der Waals surface area contributed by atoms with Crippen molar-refractivity contribution in [1.82, 2.24) is 0 Å². The van der Waals surface area contributed by atoms with Crippen molar-refractivity contribution >= 4 is 35.8 Å². The molecule has 0 heterocycles. The van der Waals surface area contributed by atoms with Crippen LogP contribution in [0.4, 0.5) is 5.69 Å². The van der Waals surface area contributed by atoms with Crippen LogP contribution < -0.4 is 21.5 Å². The van der Waals surface area contributed by atoms with Crippen LogP contribution in [0.2, 0.25) is 0 Å². The number of halogens is 1. The number of hydrogen-bond donors (Lipinski definition) is 4. The lowest BCUT2D eigenvalue weighted by atomic mass is 9.96. The van der Waals surface area contributed by atoms with Crippen LogP contribution in [0.1, 0.15) is 49.4 Å². The number of benzene rings is 2. The summed E-state index contributed by atoms with van der Waals surface area (Å²) in [5.41, 5.74) is 13.9. The second kappa shape index (κ2) is 11.8. The van der Waals surface area contributed by atoms with Gasteiger partial charge in [0.2, 0.25) is 0 Å². The second-order valence-electron chi connectivity index (χ2n) is 7.20. The predicted octanol–water partition coefficient (Wildman–Crippen LogP) is 3.10. The first-order valence-corrected chi connectivity index (χ1v) is 9.56. The van der Waals surface area contributed by atoms with E-state index in [-0.39, 0.29) is 49.4 Å². The Balaban J connectivity index is 0.00000480. The van der Waals surface area contributed by atoms with E-state index in [2.05, 4.69) is 5.32 Å². The van der Waals surface area contributed by atoms with Gasteiger partial charge in [-0.1, -0.05) is 19.9 Å². The first-order chi connectivity index (χ1) is 14.2. The SMILES string of the molecule is CC(=O)OCC(Nc1ccc(C(=N)N)cc1)c1ccc(OCC(N)=O)c(C(C)C)c1.Cl. The first-order valence-electron chi connectivity index (χ1n) is 9.56. The van der Waals surface area contributed by atoms with E-state index < -0.39 is 5.91 Å². The van der Waals surface area contributed by atoms with Crippen molar-refractivity contribution in [2.75, 3.05) is 18.5 Å². The normalized spacial score (nSPS) is 11.2. The van der Waals surface area contributed by atoms with Crippen molar-refractivity contribution in [3.63, 3.8) is 0 Å². The van der Waals surface area contributed by atoms with Crippen LogP contribution >= 0.6 is 12.4 Å². The summed E-state index contributed by atoms with van der Waals surface area (Å²) in [6.07, 6.45) is 0. The number of carbonyl (C=O) groups excluding carboxylic acids is 2. The van der Waals surface area contributed by atoms with Gasteiger partial charge < -0.3 is 26.3 Å². The molecule has 6 N–H and O–H groups in total. The molecule has 0 radical (unpaired) electrons. The molecule has 0 aliphatic carbocycles. The van der Waals surface area contributed by atoms with Gasteiger partial charge in [0.25, 0.3) is 5.91 Å². The van der Waals surface area contributed by atoms with Crippen molar-refractivity contribution in [3.8, 4) is 5.75 Å². The van der Waals surface area contributed by atoms with E-state index in [9.17, 15) is 9.59 Å². The van der Waals surface area contributed by atoms with Crippen LogP contribution in [0.5, 0.6) is 5.75 Å². The highest BCUT2D eigenvalue weighted by Gasteiger charge is 2.18. The molecule has 9 heteroatoms. The summed E-state index contributed by atoms with van der Waals surface area (Å²) >= 11 is 0. The lowest BCUT2D eigenvalue weighted by molar-refractivity contribution is -0.141. The number of nitrogen functional groups attached to an aromatic ring is 1. The van der Waals surface area contributed by atoms with Crippen molar-refractivity contribution in [3.05, 3.63) is 59.2 Å². The van der Waals surface area contributed by atoms with Crippen molar-refractivity contribution < 1.29 is 19.1 Å². The smallest absolute Gasteiger partial charge is 0.302 e. The molecule has 0 bridgehead atoms. The summed E-state index contributed by atoms with van der Waals surface area (Å²) in [7, 11) is 0. The number of carbonyl (C=O) groups is 2. The Hall–Kier alpha value is -3.26.